The van der Waals surface area contributed by atoms with E-state index in [1.807, 2.05) is 13.8 Å². The number of fused-ring (bicyclic) bond motifs is 5. The van der Waals surface area contributed by atoms with Crippen LogP contribution in [0.3, 0.4) is 0 Å². The number of allylic oxidation sites excluding steroid dienone is 3. The average molecular weight is 1060 g/mol. The van der Waals surface area contributed by atoms with Crippen LogP contribution < -0.4 is 0 Å². The van der Waals surface area contributed by atoms with Gasteiger partial charge in [-0.15, -0.1) is 0 Å². The standard InChI is InChI=1S/C51H78O23/c1-19(18-67-46-40(63)39(62)36(59)30(16-52)71-46)7-8-27(54)20(2)33-29(56)15-26-32-25(10-12-51(26,33)6)50(5)11-9-24(13-23(50)14-28(32)55)70-49-45(74-48-42(65)38(61)35(58)22(4)69-48)43(66)44(31(17-53)72-49)73-47-41(64)37(60)34(57)21(3)68-47/h14,19,21-22,24-26,30-32,34-49,52-53,57-66H,7-13,15-18H2,1-6H3/b33-20+/t19-,21+,22+,24+,25+,26+,30-,31-,32-,34+,35+,36-,37-,38-,39+,40-,41-,42-,43+,44-,45-,46-,47+,48+,49-,50+,51+/m1/s1. The summed E-state index contributed by atoms with van der Waals surface area (Å²) in [5, 5.41) is 126. The number of ketones is 3. The first-order chi connectivity index (χ1) is 34.9. The second-order valence-electron chi connectivity index (χ2n) is 22.7. The largest absolute Gasteiger partial charge is 0.394 e. The van der Waals surface area contributed by atoms with Crippen LogP contribution in [0, 0.1) is 34.5 Å². The molecule has 0 aromatic heterocycles. The third-order valence-corrected chi connectivity index (χ3v) is 17.9. The van der Waals surface area contributed by atoms with Crippen molar-refractivity contribution in [2.45, 2.75) is 222 Å². The second-order valence-corrected chi connectivity index (χ2v) is 22.7. The smallest absolute Gasteiger partial charge is 0.187 e. The fourth-order valence-electron chi connectivity index (χ4n) is 13.2. The highest BCUT2D eigenvalue weighted by Crippen LogP contribution is 2.65. The molecule has 420 valence electrons. The normalized spacial score (nSPS) is 49.8. The van der Waals surface area contributed by atoms with Crippen LogP contribution in [0.15, 0.2) is 22.8 Å². The molecule has 0 spiro atoms. The summed E-state index contributed by atoms with van der Waals surface area (Å²) in [5.41, 5.74) is 0.412. The van der Waals surface area contributed by atoms with Crippen LogP contribution in [0.25, 0.3) is 0 Å². The maximum Gasteiger partial charge on any atom is 0.187 e. The van der Waals surface area contributed by atoms with Gasteiger partial charge in [0.1, 0.15) is 85.5 Å². The summed E-state index contributed by atoms with van der Waals surface area (Å²) in [5.74, 6) is -1.73. The number of carbonyl (C=O) groups excluding carboxylic acids is 3. The van der Waals surface area contributed by atoms with E-state index < -0.39 is 159 Å². The molecule has 0 aromatic rings. The second kappa shape index (κ2) is 22.8. The first kappa shape index (κ1) is 57.9. The van der Waals surface area contributed by atoms with Crippen LogP contribution >= 0.6 is 0 Å². The Hall–Kier alpha value is -2.31. The third-order valence-electron chi connectivity index (χ3n) is 17.9. The zero-order valence-corrected chi connectivity index (χ0v) is 42.6. The Morgan fingerprint density at radius 1 is 0.649 bits per heavy atom. The van der Waals surface area contributed by atoms with Crippen molar-refractivity contribution in [2.75, 3.05) is 19.8 Å². The summed E-state index contributed by atoms with van der Waals surface area (Å²) in [6.07, 6.45) is -26.3. The van der Waals surface area contributed by atoms with Gasteiger partial charge >= 0.3 is 0 Å². The van der Waals surface area contributed by atoms with Gasteiger partial charge in [0, 0.05) is 29.7 Å². The molecule has 3 saturated carbocycles. The molecule has 8 aliphatic rings. The zero-order valence-electron chi connectivity index (χ0n) is 42.6. The molecule has 0 bridgehead atoms. The van der Waals surface area contributed by atoms with Crippen molar-refractivity contribution >= 4 is 17.3 Å². The van der Waals surface area contributed by atoms with Gasteiger partial charge < -0.3 is 99.2 Å². The Balaban J connectivity index is 0.950. The minimum Gasteiger partial charge on any atom is -0.394 e. The van der Waals surface area contributed by atoms with Gasteiger partial charge in [-0.1, -0.05) is 26.3 Å². The van der Waals surface area contributed by atoms with Gasteiger partial charge in [-0.2, -0.15) is 0 Å². The minimum absolute atomic E-state index is 0.0323. The maximum absolute atomic E-state index is 14.5. The van der Waals surface area contributed by atoms with E-state index >= 15 is 0 Å². The Morgan fingerprint density at radius 3 is 1.81 bits per heavy atom. The van der Waals surface area contributed by atoms with Crippen LogP contribution in [0.2, 0.25) is 0 Å². The van der Waals surface area contributed by atoms with Gasteiger partial charge in [-0.25, -0.2) is 0 Å². The Kier molecular flexibility index (Phi) is 17.8. The molecule has 4 aliphatic heterocycles. The van der Waals surface area contributed by atoms with Gasteiger partial charge in [0.05, 0.1) is 38.1 Å². The lowest BCUT2D eigenvalue weighted by Crippen LogP contribution is -2.66. The SMILES string of the molecule is C/C(C(=O)CC[C@@H](C)CO[C@@H]1O[C@H](CO)[C@@H](O)[C@H](O)[C@H]1O)=C1/C(=O)C[C@H]2[C@@H]3C(=O)C=C4C[C@@H](O[C@@H]5O[C@H](CO)[C@@H](O[C@@H]6O[C@@H](C)[C@H](O)[C@@H](O)[C@H]6O)[C@H](O)[C@H]5O[C@@H]5O[C@@H](C)[C@H](O)[C@@H](O)[C@H]5O)CC[C@]4(C)[C@H]3CC[C@]12C. The highest BCUT2D eigenvalue weighted by atomic mass is 16.8. The van der Waals surface area contributed by atoms with E-state index in [0.717, 1.165) is 5.57 Å². The molecule has 0 radical (unpaired) electrons. The monoisotopic (exact) mass is 1060 g/mol. The van der Waals surface area contributed by atoms with Gasteiger partial charge in [0.15, 0.2) is 42.5 Å². The number of hydrogen-bond acceptors (Lipinski definition) is 23. The lowest BCUT2D eigenvalue weighted by Gasteiger charge is -2.56. The minimum atomic E-state index is -1.81. The van der Waals surface area contributed by atoms with Gasteiger partial charge in [0.25, 0.3) is 0 Å². The molecule has 12 N–H and O–H groups in total. The molecule has 4 aliphatic carbocycles. The fourth-order valence-corrected chi connectivity index (χ4v) is 13.2. The summed E-state index contributed by atoms with van der Waals surface area (Å²) in [6.45, 7) is 9.14. The molecule has 8 rings (SSSR count). The van der Waals surface area contributed by atoms with Crippen LogP contribution in [0.5, 0.6) is 0 Å². The van der Waals surface area contributed by atoms with Crippen molar-refractivity contribution in [2.24, 2.45) is 34.5 Å². The lowest BCUT2D eigenvalue weighted by molar-refractivity contribution is -0.388. The van der Waals surface area contributed by atoms with Gasteiger partial charge in [0.2, 0.25) is 0 Å². The van der Waals surface area contributed by atoms with Crippen molar-refractivity contribution in [3.05, 3.63) is 22.8 Å². The van der Waals surface area contributed by atoms with Crippen LogP contribution in [-0.2, 0) is 52.3 Å². The molecule has 23 nitrogen and oxygen atoms in total. The molecular weight excluding hydrogens is 981 g/mol. The predicted octanol–water partition coefficient (Wildman–Crippen LogP) is -2.69. The highest BCUT2D eigenvalue weighted by Gasteiger charge is 2.63. The summed E-state index contributed by atoms with van der Waals surface area (Å²) >= 11 is 0. The maximum atomic E-state index is 14.5. The van der Waals surface area contributed by atoms with Crippen LogP contribution in [0.4, 0.5) is 0 Å². The quantitative estimate of drug-likeness (QED) is 0.0743. The predicted molar refractivity (Wildman–Crippen MR) is 249 cm³/mol. The van der Waals surface area contributed by atoms with E-state index in [9.17, 15) is 75.7 Å². The molecule has 4 heterocycles. The van der Waals surface area contributed by atoms with Crippen LogP contribution in [0.1, 0.15) is 92.9 Å². The number of Topliss-reactive ketones (excluding diaryl/α,β-unsaturated/α-hetero) is 2. The molecule has 27 atom stereocenters. The number of aliphatic hydroxyl groups excluding tert-OH is 12. The first-order valence-corrected chi connectivity index (χ1v) is 26.1. The first-order valence-electron chi connectivity index (χ1n) is 26.1. The molecule has 4 saturated heterocycles. The average Bonchev–Trinajstić information content (AvgIpc) is 3.64. The zero-order chi connectivity index (χ0) is 54.0. The molecule has 0 amide bonds. The number of rotatable bonds is 15. The number of ether oxygens (including phenoxy) is 8. The molecular formula is C51H78O23. The fraction of sp³-hybridized carbons (Fsp3) is 0.863. The lowest BCUT2D eigenvalue weighted by atomic mass is 9.47. The molecule has 0 aromatic carbocycles. The number of carbonyl (C=O) groups is 3. The number of aliphatic hydroxyl groups is 12. The van der Waals surface area contributed by atoms with Gasteiger partial charge in [-0.05, 0) is 94.1 Å². The van der Waals surface area contributed by atoms with E-state index in [-0.39, 0.29) is 61.0 Å². The Labute approximate surface area is 428 Å². The van der Waals surface area contributed by atoms with Crippen molar-refractivity contribution < 1.29 is 114 Å². The summed E-state index contributed by atoms with van der Waals surface area (Å²) < 4.78 is 47.3. The Bertz CT molecular complexity index is 2090. The highest BCUT2D eigenvalue weighted by molar-refractivity contribution is 6.09. The van der Waals surface area contributed by atoms with Crippen molar-refractivity contribution in [3.63, 3.8) is 0 Å². The molecule has 7 fully saturated rings. The summed E-state index contributed by atoms with van der Waals surface area (Å²) in [4.78, 5) is 42.4. The van der Waals surface area contributed by atoms with E-state index in [2.05, 4.69) is 6.92 Å². The number of hydrogen-bond donors (Lipinski definition) is 12. The van der Waals surface area contributed by atoms with Gasteiger partial charge in [-0.3, -0.25) is 14.4 Å². The third kappa shape index (κ3) is 10.7. The van der Waals surface area contributed by atoms with Crippen LogP contribution in [-0.4, -0.2) is 227 Å². The summed E-state index contributed by atoms with van der Waals surface area (Å²) in [7, 11) is 0. The van der Waals surface area contributed by atoms with Crippen molar-refractivity contribution in [1.29, 1.82) is 0 Å². The Morgan fingerprint density at radius 2 is 1.20 bits per heavy atom. The summed E-state index contributed by atoms with van der Waals surface area (Å²) in [6, 6.07) is 0. The van der Waals surface area contributed by atoms with E-state index in [0.29, 0.717) is 43.3 Å². The molecule has 74 heavy (non-hydrogen) atoms. The van der Waals surface area contributed by atoms with E-state index in [1.54, 1.807) is 13.0 Å². The van der Waals surface area contributed by atoms with Crippen molar-refractivity contribution in [3.8, 4) is 0 Å². The van der Waals surface area contributed by atoms with Crippen molar-refractivity contribution in [1.82, 2.24) is 0 Å². The topological polar surface area (TPSA) is 368 Å². The molecule has 0 unspecified atom stereocenters. The molecule has 23 heteroatoms. The van der Waals surface area contributed by atoms with E-state index in [1.165, 1.54) is 13.8 Å². The van der Waals surface area contributed by atoms with E-state index in [4.69, 9.17) is 37.9 Å².